The third-order valence-corrected chi connectivity index (χ3v) is 1.17. The fourth-order valence-corrected chi connectivity index (χ4v) is 0.683. The van der Waals surface area contributed by atoms with Crippen molar-refractivity contribution in [1.82, 2.24) is 5.32 Å². The third kappa shape index (κ3) is 7.34. The molecule has 0 aromatic rings. The Bertz CT molecular complexity index is 126. The maximum Gasteiger partial charge on any atom is 0.407 e. The summed E-state index contributed by atoms with van der Waals surface area (Å²) in [6.45, 7) is 5.05. The number of carbonyl (C=O) groups excluding carboxylic acids is 1. The lowest BCUT2D eigenvalue weighted by Gasteiger charge is -2.12. The summed E-state index contributed by atoms with van der Waals surface area (Å²) in [7, 11) is 1.76. The molecule has 0 saturated carbocycles. The van der Waals surface area contributed by atoms with E-state index in [4.69, 9.17) is 4.74 Å². The van der Waals surface area contributed by atoms with E-state index in [-0.39, 0.29) is 12.2 Å². The molecule has 0 atom stereocenters. The van der Waals surface area contributed by atoms with Crippen LogP contribution in [0.3, 0.4) is 0 Å². The summed E-state index contributed by atoms with van der Waals surface area (Å²) < 4.78 is 4.85. The van der Waals surface area contributed by atoms with Crippen LogP contribution in [0.25, 0.3) is 5.32 Å². The molecule has 4 heteroatoms. The topological polar surface area (TPSA) is 52.4 Å². The van der Waals surface area contributed by atoms with Crippen LogP contribution in [0.5, 0.6) is 0 Å². The van der Waals surface area contributed by atoms with E-state index in [2.05, 4.69) is 10.6 Å². The first-order valence-electron chi connectivity index (χ1n) is 4.17. The molecule has 72 valence electrons. The standard InChI is InChI=1S/C8H17N2O2/c1-7(2)12-8(11)10-6-4-5-9-3/h7H,4-6H2,1-3H3,(H,10,11)/q-1. The van der Waals surface area contributed by atoms with Gasteiger partial charge in [-0.3, -0.25) is 0 Å². The quantitative estimate of drug-likeness (QED) is 0.641. The monoisotopic (exact) mass is 173 g/mol. The van der Waals surface area contributed by atoms with Gasteiger partial charge in [0, 0.05) is 6.54 Å². The Kier molecular flexibility index (Phi) is 6.47. The molecule has 0 heterocycles. The fourth-order valence-electron chi connectivity index (χ4n) is 0.683. The van der Waals surface area contributed by atoms with Gasteiger partial charge in [-0.25, -0.2) is 4.79 Å². The summed E-state index contributed by atoms with van der Waals surface area (Å²) in [6.07, 6.45) is 0.464. The molecule has 12 heavy (non-hydrogen) atoms. The van der Waals surface area contributed by atoms with E-state index in [0.717, 1.165) is 13.0 Å². The summed E-state index contributed by atoms with van der Waals surface area (Å²) in [5.41, 5.74) is 0. The van der Waals surface area contributed by atoms with Crippen LogP contribution in [0.4, 0.5) is 4.79 Å². The number of rotatable bonds is 5. The average Bonchev–Trinajstić information content (AvgIpc) is 1.97. The van der Waals surface area contributed by atoms with E-state index in [1.54, 1.807) is 7.05 Å². The van der Waals surface area contributed by atoms with Crippen LogP contribution in [0.1, 0.15) is 20.3 Å². The zero-order valence-electron chi connectivity index (χ0n) is 7.96. The van der Waals surface area contributed by atoms with Crippen LogP contribution in [0, 0.1) is 0 Å². The van der Waals surface area contributed by atoms with Gasteiger partial charge < -0.3 is 15.4 Å². The molecular weight excluding hydrogens is 156 g/mol. The summed E-state index contributed by atoms with van der Waals surface area (Å²) in [4.78, 5) is 10.9. The zero-order valence-corrected chi connectivity index (χ0v) is 7.96. The summed E-state index contributed by atoms with van der Waals surface area (Å²) in [5.74, 6) is 0. The molecule has 0 fully saturated rings. The van der Waals surface area contributed by atoms with Gasteiger partial charge in [0.15, 0.2) is 0 Å². The zero-order chi connectivity index (χ0) is 9.40. The molecule has 0 radical (unpaired) electrons. The van der Waals surface area contributed by atoms with Gasteiger partial charge in [-0.05, 0) is 13.8 Å². The molecule has 4 nitrogen and oxygen atoms in total. The van der Waals surface area contributed by atoms with E-state index in [1.165, 1.54) is 0 Å². The van der Waals surface area contributed by atoms with Crippen LogP contribution in [-0.2, 0) is 4.74 Å². The van der Waals surface area contributed by atoms with Gasteiger partial charge in [0.05, 0.1) is 6.10 Å². The predicted octanol–water partition coefficient (Wildman–Crippen LogP) is 1.51. The minimum Gasteiger partial charge on any atom is -0.665 e. The highest BCUT2D eigenvalue weighted by atomic mass is 16.6. The van der Waals surface area contributed by atoms with Crippen LogP contribution < -0.4 is 5.32 Å². The van der Waals surface area contributed by atoms with Gasteiger partial charge in [-0.2, -0.15) is 7.05 Å². The Hall–Kier alpha value is -0.770. The number of nitrogens with zero attached hydrogens (tertiary/aromatic N) is 1. The lowest BCUT2D eigenvalue weighted by atomic mass is 10.4. The van der Waals surface area contributed by atoms with Crippen molar-refractivity contribution in [2.75, 3.05) is 20.1 Å². The van der Waals surface area contributed by atoms with Gasteiger partial charge in [-0.1, -0.05) is 6.42 Å². The van der Waals surface area contributed by atoms with Crippen molar-refractivity contribution in [2.24, 2.45) is 0 Å². The van der Waals surface area contributed by atoms with E-state index < -0.39 is 0 Å². The molecule has 0 aromatic carbocycles. The second kappa shape index (κ2) is 6.91. The number of hydrogen-bond donors (Lipinski definition) is 1. The number of hydrogen-bond acceptors (Lipinski definition) is 2. The van der Waals surface area contributed by atoms with Crippen molar-refractivity contribution in [3.05, 3.63) is 5.32 Å². The Morgan fingerprint density at radius 2 is 2.25 bits per heavy atom. The first kappa shape index (κ1) is 11.2. The number of alkyl carbamates (subject to hydrolysis) is 1. The highest BCUT2D eigenvalue weighted by Crippen LogP contribution is 1.89. The Labute approximate surface area is 73.7 Å². The van der Waals surface area contributed by atoms with E-state index in [9.17, 15) is 4.79 Å². The second-order valence-electron chi connectivity index (χ2n) is 2.77. The highest BCUT2D eigenvalue weighted by molar-refractivity contribution is 5.67. The Morgan fingerprint density at radius 1 is 1.58 bits per heavy atom. The molecule has 0 unspecified atom stereocenters. The molecule has 0 rings (SSSR count). The van der Waals surface area contributed by atoms with Crippen LogP contribution in [0.2, 0.25) is 0 Å². The predicted molar refractivity (Wildman–Crippen MR) is 48.4 cm³/mol. The highest BCUT2D eigenvalue weighted by Gasteiger charge is 2.01. The Balaban J connectivity index is 3.20. The SMILES string of the molecule is C[N-]CCCNC(=O)OC(C)C. The normalized spacial score (nSPS) is 10.0. The third-order valence-electron chi connectivity index (χ3n) is 1.17. The molecular formula is C8H17N2O2-. The smallest absolute Gasteiger partial charge is 0.407 e. The molecule has 0 aliphatic rings. The maximum atomic E-state index is 10.9. The van der Waals surface area contributed by atoms with Gasteiger partial charge in [-0.15, -0.1) is 6.54 Å². The van der Waals surface area contributed by atoms with Crippen molar-refractivity contribution >= 4 is 6.09 Å². The molecule has 1 N–H and O–H groups in total. The summed E-state index contributed by atoms with van der Waals surface area (Å²) in [6, 6.07) is 0. The first-order valence-corrected chi connectivity index (χ1v) is 4.17. The maximum absolute atomic E-state index is 10.9. The van der Waals surface area contributed by atoms with Crippen molar-refractivity contribution in [3.63, 3.8) is 0 Å². The molecule has 0 bridgehead atoms. The van der Waals surface area contributed by atoms with Gasteiger partial charge in [0.1, 0.15) is 0 Å². The first-order chi connectivity index (χ1) is 5.66. The van der Waals surface area contributed by atoms with Gasteiger partial charge in [0.25, 0.3) is 0 Å². The molecule has 0 aromatic heterocycles. The minimum absolute atomic E-state index is 0.0548. The van der Waals surface area contributed by atoms with Crippen molar-refractivity contribution < 1.29 is 9.53 Å². The molecule has 1 amide bonds. The minimum atomic E-state index is -0.346. The van der Waals surface area contributed by atoms with Crippen LogP contribution >= 0.6 is 0 Å². The fraction of sp³-hybridized carbons (Fsp3) is 0.875. The van der Waals surface area contributed by atoms with Gasteiger partial charge in [0.2, 0.25) is 0 Å². The van der Waals surface area contributed by atoms with E-state index >= 15 is 0 Å². The summed E-state index contributed by atoms with van der Waals surface area (Å²) >= 11 is 0. The van der Waals surface area contributed by atoms with E-state index in [1.807, 2.05) is 13.8 Å². The lowest BCUT2D eigenvalue weighted by Crippen LogP contribution is -2.27. The van der Waals surface area contributed by atoms with Crippen LogP contribution in [0.15, 0.2) is 0 Å². The molecule has 0 saturated heterocycles. The number of nitrogens with one attached hydrogen (secondary N) is 1. The number of carbonyl (C=O) groups is 1. The van der Waals surface area contributed by atoms with Crippen LogP contribution in [-0.4, -0.2) is 32.3 Å². The largest absolute Gasteiger partial charge is 0.665 e. The molecule has 0 aliphatic carbocycles. The summed E-state index contributed by atoms with van der Waals surface area (Å²) in [5, 5.41) is 6.53. The molecule has 0 spiro atoms. The van der Waals surface area contributed by atoms with Crippen molar-refractivity contribution in [3.8, 4) is 0 Å². The Morgan fingerprint density at radius 3 is 2.75 bits per heavy atom. The van der Waals surface area contributed by atoms with E-state index in [0.29, 0.717) is 6.54 Å². The average molecular weight is 173 g/mol. The van der Waals surface area contributed by atoms with Crippen molar-refractivity contribution in [1.29, 1.82) is 0 Å². The van der Waals surface area contributed by atoms with Crippen molar-refractivity contribution in [2.45, 2.75) is 26.4 Å². The number of ether oxygens (including phenoxy) is 1. The lowest BCUT2D eigenvalue weighted by molar-refractivity contribution is 0.115. The number of amides is 1. The van der Waals surface area contributed by atoms with Gasteiger partial charge >= 0.3 is 6.09 Å². The molecule has 0 aliphatic heterocycles. The second-order valence-corrected chi connectivity index (χ2v) is 2.77.